The van der Waals surface area contributed by atoms with Crippen LogP contribution in [0.25, 0.3) is 0 Å². The van der Waals surface area contributed by atoms with Gasteiger partial charge in [-0.25, -0.2) is 9.59 Å². The summed E-state index contributed by atoms with van der Waals surface area (Å²) in [5.74, 6) is 0.462. The van der Waals surface area contributed by atoms with Crippen LogP contribution in [0.2, 0.25) is 0 Å². The second kappa shape index (κ2) is 13.2. The molecule has 0 aliphatic carbocycles. The summed E-state index contributed by atoms with van der Waals surface area (Å²) in [7, 11) is 3.79. The van der Waals surface area contributed by atoms with Gasteiger partial charge in [0, 0.05) is 24.2 Å². The Morgan fingerprint density at radius 2 is 1.44 bits per heavy atom. The maximum atomic E-state index is 13.6. The van der Waals surface area contributed by atoms with Crippen molar-refractivity contribution < 1.29 is 54.9 Å². The molecule has 2 aromatic carbocycles. The van der Waals surface area contributed by atoms with E-state index in [9.17, 15) is 35.9 Å². The minimum atomic E-state index is -5.07. The summed E-state index contributed by atoms with van der Waals surface area (Å²) >= 11 is 0. The lowest BCUT2D eigenvalue weighted by molar-refractivity contribution is -0.143. The van der Waals surface area contributed by atoms with E-state index < -0.39 is 59.9 Å². The molecule has 1 heterocycles. The molecule has 8 nitrogen and oxygen atoms in total. The molecule has 0 fully saturated rings. The fourth-order valence-electron chi connectivity index (χ4n) is 5.11. The summed E-state index contributed by atoms with van der Waals surface area (Å²) in [5.41, 5.74) is -2.85. The summed E-state index contributed by atoms with van der Waals surface area (Å²) < 4.78 is 103. The maximum Gasteiger partial charge on any atom is 0.416 e. The number of anilines is 1. The van der Waals surface area contributed by atoms with Crippen molar-refractivity contribution in [3.63, 3.8) is 0 Å². The van der Waals surface area contributed by atoms with Gasteiger partial charge in [0.2, 0.25) is 0 Å². The van der Waals surface area contributed by atoms with Crippen LogP contribution in [0.1, 0.15) is 68.3 Å². The minimum Gasteiger partial charge on any atom is -0.493 e. The van der Waals surface area contributed by atoms with Gasteiger partial charge in [-0.3, -0.25) is 9.80 Å². The highest BCUT2D eigenvalue weighted by atomic mass is 19.4. The molecule has 0 saturated carbocycles. The fourth-order valence-corrected chi connectivity index (χ4v) is 5.11. The van der Waals surface area contributed by atoms with Crippen molar-refractivity contribution in [1.82, 2.24) is 4.90 Å². The smallest absolute Gasteiger partial charge is 0.416 e. The standard InChI is InChI=1S/C29H34F6N2O6/c1-7-20(8-2)43-27(39)37-16(3)9-22(21-13-24(40-4)25(41-5)14-23(21)37)36(26(38)42-6)15-17-10-18(28(30,31)32)12-19(11-17)29(33,34)35/h10-14,16,20,22H,7-9,15H2,1-6H3/t16-,22+/m1/s1. The Balaban J connectivity index is 2.19. The van der Waals surface area contributed by atoms with Gasteiger partial charge in [-0.2, -0.15) is 26.3 Å². The zero-order valence-electron chi connectivity index (χ0n) is 24.6. The average molecular weight is 621 g/mol. The number of ether oxygens (including phenoxy) is 4. The molecule has 0 spiro atoms. The lowest BCUT2D eigenvalue weighted by Gasteiger charge is -2.43. The van der Waals surface area contributed by atoms with Gasteiger partial charge in [-0.15, -0.1) is 0 Å². The predicted molar refractivity (Wildman–Crippen MR) is 144 cm³/mol. The van der Waals surface area contributed by atoms with Crippen molar-refractivity contribution in [2.24, 2.45) is 0 Å². The van der Waals surface area contributed by atoms with Gasteiger partial charge < -0.3 is 18.9 Å². The van der Waals surface area contributed by atoms with E-state index in [4.69, 9.17) is 18.9 Å². The van der Waals surface area contributed by atoms with Crippen LogP contribution < -0.4 is 14.4 Å². The van der Waals surface area contributed by atoms with Gasteiger partial charge in [-0.05, 0) is 56.0 Å². The van der Waals surface area contributed by atoms with E-state index in [1.807, 2.05) is 13.8 Å². The molecule has 43 heavy (non-hydrogen) atoms. The van der Waals surface area contributed by atoms with Gasteiger partial charge in [-0.1, -0.05) is 13.8 Å². The van der Waals surface area contributed by atoms with E-state index in [1.54, 1.807) is 6.92 Å². The number of fused-ring (bicyclic) bond motifs is 1. The van der Waals surface area contributed by atoms with E-state index in [0.717, 1.165) is 12.0 Å². The molecule has 0 unspecified atom stereocenters. The van der Waals surface area contributed by atoms with Crippen LogP contribution in [0.3, 0.4) is 0 Å². The number of amides is 2. The summed E-state index contributed by atoms with van der Waals surface area (Å²) in [5, 5.41) is 0. The van der Waals surface area contributed by atoms with E-state index in [-0.39, 0.29) is 35.8 Å². The maximum absolute atomic E-state index is 13.6. The number of carbonyl (C=O) groups excluding carboxylic acids is 2. The molecule has 3 rings (SSSR count). The molecule has 1 aliphatic rings. The molecule has 238 valence electrons. The lowest BCUT2D eigenvalue weighted by Crippen LogP contribution is -2.48. The zero-order valence-corrected chi connectivity index (χ0v) is 24.6. The first kappa shape index (κ1) is 33.7. The van der Waals surface area contributed by atoms with E-state index in [2.05, 4.69) is 0 Å². The summed E-state index contributed by atoms with van der Waals surface area (Å²) in [6.07, 6.45) is -11.0. The summed E-state index contributed by atoms with van der Waals surface area (Å²) in [6, 6.07) is 2.57. The Kier molecular flexibility index (Phi) is 10.3. The van der Waals surface area contributed by atoms with Gasteiger partial charge >= 0.3 is 24.5 Å². The molecular weight excluding hydrogens is 586 g/mol. The van der Waals surface area contributed by atoms with E-state index in [1.165, 1.54) is 31.3 Å². The van der Waals surface area contributed by atoms with Gasteiger partial charge in [0.05, 0.1) is 44.2 Å². The number of benzene rings is 2. The van der Waals surface area contributed by atoms with Gasteiger partial charge in [0.1, 0.15) is 6.10 Å². The van der Waals surface area contributed by atoms with Gasteiger partial charge in [0.15, 0.2) is 11.5 Å². The Labute approximate surface area is 245 Å². The van der Waals surface area contributed by atoms with Crippen LogP contribution in [0.15, 0.2) is 30.3 Å². The summed E-state index contributed by atoms with van der Waals surface area (Å²) in [4.78, 5) is 28.9. The second-order valence-electron chi connectivity index (χ2n) is 10.1. The van der Waals surface area contributed by atoms with Crippen molar-refractivity contribution in [3.8, 4) is 11.5 Å². The molecule has 2 amide bonds. The van der Waals surface area contributed by atoms with Crippen LogP contribution in [0, 0.1) is 0 Å². The highest BCUT2D eigenvalue weighted by molar-refractivity contribution is 5.91. The number of halogens is 6. The summed E-state index contributed by atoms with van der Waals surface area (Å²) in [6.45, 7) is 4.75. The van der Waals surface area contributed by atoms with Crippen LogP contribution in [0.4, 0.5) is 41.6 Å². The van der Waals surface area contributed by atoms with Gasteiger partial charge in [0.25, 0.3) is 0 Å². The van der Waals surface area contributed by atoms with Crippen LogP contribution in [-0.4, -0.2) is 50.6 Å². The number of hydrogen-bond acceptors (Lipinski definition) is 6. The Bertz CT molecular complexity index is 1280. The van der Waals surface area contributed by atoms with Crippen LogP contribution in [-0.2, 0) is 28.4 Å². The molecule has 0 radical (unpaired) electrons. The van der Waals surface area contributed by atoms with Crippen LogP contribution >= 0.6 is 0 Å². The fraction of sp³-hybridized carbons (Fsp3) is 0.517. The van der Waals surface area contributed by atoms with Crippen molar-refractivity contribution in [2.45, 2.75) is 77.1 Å². The van der Waals surface area contributed by atoms with Crippen LogP contribution in [0.5, 0.6) is 11.5 Å². The quantitative estimate of drug-likeness (QED) is 0.279. The third-order valence-corrected chi connectivity index (χ3v) is 7.32. The minimum absolute atomic E-state index is 0.0183. The number of rotatable bonds is 8. The zero-order chi connectivity index (χ0) is 32.3. The molecule has 14 heteroatoms. The molecule has 0 bridgehead atoms. The SMILES string of the molecule is CCC(CC)OC(=O)N1c2cc(OC)c(OC)cc2[C@@H](N(Cc2cc(C(F)(F)F)cc(C(F)(F)F)c2)C(=O)OC)C[C@H]1C. The molecule has 2 atom stereocenters. The third-order valence-electron chi connectivity index (χ3n) is 7.32. The normalized spacial score (nSPS) is 16.9. The Morgan fingerprint density at radius 1 is 0.907 bits per heavy atom. The number of nitrogens with zero attached hydrogens (tertiary/aromatic N) is 2. The number of alkyl halides is 6. The topological polar surface area (TPSA) is 77.5 Å². The van der Waals surface area contributed by atoms with Crippen molar-refractivity contribution in [2.75, 3.05) is 26.2 Å². The Hall–Kier alpha value is -3.84. The first-order valence-electron chi connectivity index (χ1n) is 13.5. The number of carbonyl (C=O) groups is 2. The molecule has 1 aliphatic heterocycles. The van der Waals surface area contributed by atoms with Crippen molar-refractivity contribution >= 4 is 17.9 Å². The van der Waals surface area contributed by atoms with E-state index in [0.29, 0.717) is 30.5 Å². The first-order chi connectivity index (χ1) is 20.1. The second-order valence-corrected chi connectivity index (χ2v) is 10.1. The van der Waals surface area contributed by atoms with Crippen molar-refractivity contribution in [1.29, 1.82) is 0 Å². The Morgan fingerprint density at radius 3 is 1.91 bits per heavy atom. The molecule has 0 N–H and O–H groups in total. The van der Waals surface area contributed by atoms with E-state index >= 15 is 0 Å². The number of methoxy groups -OCH3 is 3. The largest absolute Gasteiger partial charge is 0.493 e. The number of hydrogen-bond donors (Lipinski definition) is 0. The lowest BCUT2D eigenvalue weighted by atomic mass is 9.90. The first-order valence-corrected chi connectivity index (χ1v) is 13.5. The highest BCUT2D eigenvalue weighted by Crippen LogP contribution is 2.47. The molecular formula is C29H34F6N2O6. The highest BCUT2D eigenvalue weighted by Gasteiger charge is 2.42. The monoisotopic (exact) mass is 620 g/mol. The molecule has 0 aromatic heterocycles. The molecule has 0 saturated heterocycles. The molecule has 2 aromatic rings. The predicted octanol–water partition coefficient (Wildman–Crippen LogP) is 7.97. The average Bonchev–Trinajstić information content (AvgIpc) is 2.95. The third kappa shape index (κ3) is 7.39. The van der Waals surface area contributed by atoms with Crippen molar-refractivity contribution in [3.05, 3.63) is 52.6 Å².